The Bertz CT molecular complexity index is 1120. The lowest BCUT2D eigenvalue weighted by atomic mass is 10.1. The molecule has 0 aromatic heterocycles. The fourth-order valence-electron chi connectivity index (χ4n) is 3.02. The van der Waals surface area contributed by atoms with E-state index >= 15 is 0 Å². The highest BCUT2D eigenvalue weighted by Crippen LogP contribution is 2.26. The third kappa shape index (κ3) is 6.32. The first kappa shape index (κ1) is 24.2. The van der Waals surface area contributed by atoms with Crippen molar-refractivity contribution in [2.24, 2.45) is 0 Å². The Kier molecular flexibility index (Phi) is 8.17. The fraction of sp³-hybridized carbons (Fsp3) is 0.120. The van der Waals surface area contributed by atoms with E-state index in [1.807, 2.05) is 0 Å². The molecule has 34 heavy (non-hydrogen) atoms. The molecule has 0 aliphatic carbocycles. The number of carbonyl (C=O) groups is 2. The molecule has 0 aliphatic rings. The van der Waals surface area contributed by atoms with Gasteiger partial charge in [-0.15, -0.1) is 0 Å². The molecule has 0 saturated carbocycles. The smallest absolute Gasteiger partial charge is 0.387 e. The SMILES string of the molecule is COc1ccccc1NC(=O)C(=Cc1ccc(OC(F)F)cc1)C(=O)Nc1ccccc1OC. The standard InChI is InChI=1S/C25H22F2N2O5/c1-32-21-9-5-3-7-19(21)28-23(30)18(15-16-11-13-17(14-12-16)34-25(26)27)24(31)29-20-8-4-6-10-22(20)33-2/h3-15,25H,1-2H3,(H,28,30)(H,29,31). The van der Waals surface area contributed by atoms with Crippen molar-refractivity contribution in [3.8, 4) is 17.2 Å². The van der Waals surface area contributed by atoms with Gasteiger partial charge in [-0.25, -0.2) is 0 Å². The normalized spacial score (nSPS) is 10.3. The monoisotopic (exact) mass is 468 g/mol. The number of alkyl halides is 2. The highest BCUT2D eigenvalue weighted by atomic mass is 19.3. The number of anilines is 2. The summed E-state index contributed by atoms with van der Waals surface area (Å²) in [6, 6.07) is 19.0. The molecule has 0 atom stereocenters. The van der Waals surface area contributed by atoms with Gasteiger partial charge in [0, 0.05) is 0 Å². The van der Waals surface area contributed by atoms with Crippen molar-refractivity contribution >= 4 is 29.3 Å². The van der Waals surface area contributed by atoms with Crippen LogP contribution in [-0.2, 0) is 9.59 Å². The van der Waals surface area contributed by atoms with Gasteiger partial charge in [0.05, 0.1) is 25.6 Å². The van der Waals surface area contributed by atoms with Crippen molar-refractivity contribution in [3.05, 3.63) is 83.9 Å². The molecule has 7 nitrogen and oxygen atoms in total. The van der Waals surface area contributed by atoms with Crippen molar-refractivity contribution in [2.75, 3.05) is 24.9 Å². The summed E-state index contributed by atoms with van der Waals surface area (Å²) >= 11 is 0. The van der Waals surface area contributed by atoms with E-state index in [0.29, 0.717) is 28.4 Å². The van der Waals surface area contributed by atoms with Crippen LogP contribution >= 0.6 is 0 Å². The number of hydrogen-bond donors (Lipinski definition) is 2. The maximum atomic E-state index is 13.1. The van der Waals surface area contributed by atoms with Crippen LogP contribution in [0.15, 0.2) is 78.4 Å². The summed E-state index contributed by atoms with van der Waals surface area (Å²) in [5, 5.41) is 5.33. The van der Waals surface area contributed by atoms with Crippen molar-refractivity contribution < 1.29 is 32.6 Å². The molecular weight excluding hydrogens is 446 g/mol. The van der Waals surface area contributed by atoms with E-state index in [0.717, 1.165) is 0 Å². The van der Waals surface area contributed by atoms with Gasteiger partial charge in [-0.05, 0) is 48.0 Å². The van der Waals surface area contributed by atoms with Crippen molar-refractivity contribution in [1.82, 2.24) is 0 Å². The Balaban J connectivity index is 1.94. The summed E-state index contributed by atoms with van der Waals surface area (Å²) in [7, 11) is 2.91. The predicted molar refractivity (Wildman–Crippen MR) is 124 cm³/mol. The number of methoxy groups -OCH3 is 2. The fourth-order valence-corrected chi connectivity index (χ4v) is 3.02. The summed E-state index contributed by atoms with van der Waals surface area (Å²) in [4.78, 5) is 26.3. The van der Waals surface area contributed by atoms with Crippen LogP contribution < -0.4 is 24.8 Å². The van der Waals surface area contributed by atoms with Crippen LogP contribution in [-0.4, -0.2) is 32.6 Å². The van der Waals surface area contributed by atoms with E-state index in [4.69, 9.17) is 9.47 Å². The number of para-hydroxylation sites is 4. The molecule has 0 unspecified atom stereocenters. The summed E-state index contributed by atoms with van der Waals surface area (Å²) in [5.74, 6) is -0.636. The van der Waals surface area contributed by atoms with E-state index < -0.39 is 18.4 Å². The van der Waals surface area contributed by atoms with E-state index in [2.05, 4.69) is 15.4 Å². The van der Waals surface area contributed by atoms with Gasteiger partial charge in [-0.3, -0.25) is 9.59 Å². The second-order valence-electron chi connectivity index (χ2n) is 6.81. The first-order valence-corrected chi connectivity index (χ1v) is 10.1. The topological polar surface area (TPSA) is 85.9 Å². The second kappa shape index (κ2) is 11.5. The van der Waals surface area contributed by atoms with Gasteiger partial charge in [0.1, 0.15) is 22.8 Å². The Labute approximate surface area is 195 Å². The van der Waals surface area contributed by atoms with Crippen LogP contribution in [0.2, 0.25) is 0 Å². The van der Waals surface area contributed by atoms with E-state index in [1.54, 1.807) is 48.5 Å². The number of benzene rings is 3. The largest absolute Gasteiger partial charge is 0.495 e. The summed E-state index contributed by atoms with van der Waals surface area (Å²) in [6.07, 6.45) is 1.33. The quantitative estimate of drug-likeness (QED) is 0.263. The number of carbonyl (C=O) groups excluding carboxylic acids is 2. The molecule has 0 bridgehead atoms. The number of halogens is 2. The molecule has 0 fully saturated rings. The molecule has 0 saturated heterocycles. The van der Waals surface area contributed by atoms with Crippen molar-refractivity contribution in [2.45, 2.75) is 6.61 Å². The molecule has 0 aliphatic heterocycles. The first-order valence-electron chi connectivity index (χ1n) is 10.1. The lowest BCUT2D eigenvalue weighted by molar-refractivity contribution is -0.118. The van der Waals surface area contributed by atoms with Crippen LogP contribution in [0.25, 0.3) is 6.08 Å². The minimum Gasteiger partial charge on any atom is -0.495 e. The summed E-state index contributed by atoms with van der Waals surface area (Å²) in [6.45, 7) is -2.96. The molecule has 0 spiro atoms. The highest BCUT2D eigenvalue weighted by molar-refractivity contribution is 6.29. The van der Waals surface area contributed by atoms with Crippen LogP contribution in [0, 0.1) is 0 Å². The molecule has 9 heteroatoms. The zero-order valence-electron chi connectivity index (χ0n) is 18.4. The van der Waals surface area contributed by atoms with Crippen LogP contribution in [0.1, 0.15) is 5.56 Å². The zero-order chi connectivity index (χ0) is 24.5. The van der Waals surface area contributed by atoms with E-state index in [1.165, 1.54) is 44.6 Å². The van der Waals surface area contributed by atoms with Crippen molar-refractivity contribution in [3.63, 3.8) is 0 Å². The average molecular weight is 468 g/mol. The van der Waals surface area contributed by atoms with Gasteiger partial charge in [-0.2, -0.15) is 8.78 Å². The van der Waals surface area contributed by atoms with Gasteiger partial charge in [0.2, 0.25) is 0 Å². The van der Waals surface area contributed by atoms with Gasteiger partial charge in [-0.1, -0.05) is 36.4 Å². The lowest BCUT2D eigenvalue weighted by Gasteiger charge is -2.14. The molecule has 2 amide bonds. The molecule has 3 aromatic rings. The van der Waals surface area contributed by atoms with Gasteiger partial charge in [0.15, 0.2) is 0 Å². The molecule has 3 rings (SSSR count). The van der Waals surface area contributed by atoms with Crippen LogP contribution in [0.3, 0.4) is 0 Å². The van der Waals surface area contributed by atoms with Gasteiger partial charge < -0.3 is 24.8 Å². The maximum Gasteiger partial charge on any atom is 0.387 e. The van der Waals surface area contributed by atoms with Crippen LogP contribution in [0.4, 0.5) is 20.2 Å². The summed E-state index contributed by atoms with van der Waals surface area (Å²) in [5.41, 5.74) is 0.916. The average Bonchev–Trinajstić information content (AvgIpc) is 2.83. The Hall–Kier alpha value is -4.40. The Morgan fingerprint density at radius 1 is 0.765 bits per heavy atom. The number of rotatable bonds is 9. The zero-order valence-corrected chi connectivity index (χ0v) is 18.4. The summed E-state index contributed by atoms with van der Waals surface area (Å²) < 4.78 is 39.7. The number of nitrogens with one attached hydrogen (secondary N) is 2. The molecular formula is C25H22F2N2O5. The van der Waals surface area contributed by atoms with Crippen LogP contribution in [0.5, 0.6) is 17.2 Å². The van der Waals surface area contributed by atoms with Crippen molar-refractivity contribution in [1.29, 1.82) is 0 Å². The lowest BCUT2D eigenvalue weighted by Crippen LogP contribution is -2.25. The first-order chi connectivity index (χ1) is 16.4. The second-order valence-corrected chi connectivity index (χ2v) is 6.81. The number of ether oxygens (including phenoxy) is 3. The predicted octanol–water partition coefficient (Wildman–Crippen LogP) is 4.97. The minimum atomic E-state index is -2.96. The molecule has 0 radical (unpaired) electrons. The van der Waals surface area contributed by atoms with E-state index in [9.17, 15) is 18.4 Å². The molecule has 176 valence electrons. The Morgan fingerprint density at radius 3 is 1.68 bits per heavy atom. The Morgan fingerprint density at radius 2 is 1.24 bits per heavy atom. The third-order valence-corrected chi connectivity index (χ3v) is 4.62. The van der Waals surface area contributed by atoms with Gasteiger partial charge >= 0.3 is 6.61 Å². The molecule has 3 aromatic carbocycles. The molecule has 0 heterocycles. The van der Waals surface area contributed by atoms with Gasteiger partial charge in [0.25, 0.3) is 11.8 Å². The third-order valence-electron chi connectivity index (χ3n) is 4.62. The number of hydrogen-bond acceptors (Lipinski definition) is 5. The van der Waals surface area contributed by atoms with E-state index in [-0.39, 0.29) is 11.3 Å². The highest BCUT2D eigenvalue weighted by Gasteiger charge is 2.21. The molecule has 2 N–H and O–H groups in total. The minimum absolute atomic E-state index is 0.0503. The number of amides is 2. The maximum absolute atomic E-state index is 13.1.